The van der Waals surface area contributed by atoms with Crippen molar-refractivity contribution in [3.05, 3.63) is 23.7 Å². The highest BCUT2D eigenvalue weighted by atomic mass is 16.3. The molecule has 90 valence electrons. The van der Waals surface area contributed by atoms with Crippen molar-refractivity contribution in [2.24, 2.45) is 5.73 Å². The maximum Gasteiger partial charge on any atom is 0.151 e. The van der Waals surface area contributed by atoms with Crippen LogP contribution in [0.5, 0.6) is 0 Å². The predicted molar refractivity (Wildman–Crippen MR) is 63.3 cm³/mol. The van der Waals surface area contributed by atoms with E-state index in [4.69, 9.17) is 10.2 Å². The zero-order valence-electron chi connectivity index (χ0n) is 10.2. The van der Waals surface area contributed by atoms with Crippen LogP contribution in [0.2, 0.25) is 0 Å². The van der Waals surface area contributed by atoms with Crippen LogP contribution in [0.1, 0.15) is 17.9 Å². The number of nitrogens with zero attached hydrogens (tertiary/aromatic N) is 1. The second-order valence-electron chi connectivity index (χ2n) is 4.34. The average Bonchev–Trinajstić information content (AvgIpc) is 2.60. The van der Waals surface area contributed by atoms with E-state index in [2.05, 4.69) is 0 Å². The predicted octanol–water partition coefficient (Wildman–Crippen LogP) is 0.979. The monoisotopic (exact) mass is 224 g/mol. The first-order valence-corrected chi connectivity index (χ1v) is 5.47. The van der Waals surface area contributed by atoms with E-state index in [1.165, 1.54) is 0 Å². The van der Waals surface area contributed by atoms with Crippen molar-refractivity contribution in [3.63, 3.8) is 0 Å². The van der Waals surface area contributed by atoms with Crippen LogP contribution in [0.3, 0.4) is 0 Å². The van der Waals surface area contributed by atoms with Gasteiger partial charge in [-0.1, -0.05) is 0 Å². The summed E-state index contributed by atoms with van der Waals surface area (Å²) in [6.45, 7) is 2.62. The van der Waals surface area contributed by atoms with Gasteiger partial charge < -0.3 is 15.1 Å². The number of nitrogens with two attached hydrogens (primary N) is 1. The summed E-state index contributed by atoms with van der Waals surface area (Å²) in [5, 5.41) is 0. The van der Waals surface area contributed by atoms with Crippen molar-refractivity contribution in [1.29, 1.82) is 0 Å². The van der Waals surface area contributed by atoms with Gasteiger partial charge in [0.2, 0.25) is 0 Å². The lowest BCUT2D eigenvalue weighted by Gasteiger charge is -2.12. The van der Waals surface area contributed by atoms with Gasteiger partial charge in [0, 0.05) is 19.4 Å². The van der Waals surface area contributed by atoms with Crippen LogP contribution in [-0.2, 0) is 11.2 Å². The summed E-state index contributed by atoms with van der Waals surface area (Å²) >= 11 is 0. The third kappa shape index (κ3) is 4.16. The molecule has 4 nitrogen and oxygen atoms in total. The zero-order chi connectivity index (χ0) is 12.1. The van der Waals surface area contributed by atoms with E-state index in [9.17, 15) is 4.79 Å². The Labute approximate surface area is 96.4 Å². The Balaban J connectivity index is 2.39. The first-order valence-electron chi connectivity index (χ1n) is 5.47. The normalized spacial score (nSPS) is 13.1. The first-order chi connectivity index (χ1) is 7.49. The van der Waals surface area contributed by atoms with Crippen LogP contribution in [-0.4, -0.2) is 37.4 Å². The van der Waals surface area contributed by atoms with Crippen LogP contribution >= 0.6 is 0 Å². The van der Waals surface area contributed by atoms with Gasteiger partial charge in [-0.25, -0.2) is 0 Å². The molecule has 0 aliphatic rings. The zero-order valence-corrected chi connectivity index (χ0v) is 10.2. The van der Waals surface area contributed by atoms with Crippen molar-refractivity contribution in [1.82, 2.24) is 4.90 Å². The summed E-state index contributed by atoms with van der Waals surface area (Å²) in [6, 6.07) is 3.30. The third-order valence-corrected chi connectivity index (χ3v) is 2.44. The number of Topliss-reactive ketones (excluding diaryl/α,β-unsaturated/α-hetero) is 1. The van der Waals surface area contributed by atoms with E-state index < -0.39 is 6.04 Å². The lowest BCUT2D eigenvalue weighted by atomic mass is 10.1. The molecule has 0 amide bonds. The maximum absolute atomic E-state index is 11.7. The summed E-state index contributed by atoms with van der Waals surface area (Å²) in [5.74, 6) is 1.72. The van der Waals surface area contributed by atoms with Gasteiger partial charge in [-0.2, -0.15) is 0 Å². The van der Waals surface area contributed by atoms with Crippen molar-refractivity contribution in [3.8, 4) is 0 Å². The summed E-state index contributed by atoms with van der Waals surface area (Å²) < 4.78 is 5.39. The Morgan fingerprint density at radius 2 is 2.19 bits per heavy atom. The number of carbonyl (C=O) groups is 1. The van der Waals surface area contributed by atoms with Crippen LogP contribution in [0, 0.1) is 6.92 Å². The fourth-order valence-electron chi connectivity index (χ4n) is 1.44. The summed E-state index contributed by atoms with van der Waals surface area (Å²) in [4.78, 5) is 13.6. The molecule has 0 saturated heterocycles. The molecule has 0 aliphatic carbocycles. The number of hydrogen-bond donors (Lipinski definition) is 1. The summed E-state index contributed by atoms with van der Waals surface area (Å²) in [5.41, 5.74) is 5.82. The smallest absolute Gasteiger partial charge is 0.151 e. The van der Waals surface area contributed by atoms with Gasteiger partial charge in [-0.15, -0.1) is 0 Å². The SMILES string of the molecule is Cc1ccc(CC(N)C(=O)CCN(C)C)o1. The molecule has 1 heterocycles. The number of hydrogen-bond acceptors (Lipinski definition) is 4. The molecule has 2 N–H and O–H groups in total. The maximum atomic E-state index is 11.7. The van der Waals surface area contributed by atoms with Crippen LogP contribution in [0.25, 0.3) is 0 Å². The topological polar surface area (TPSA) is 59.5 Å². The van der Waals surface area contributed by atoms with Gasteiger partial charge in [-0.05, 0) is 33.2 Å². The molecular weight excluding hydrogens is 204 g/mol. The average molecular weight is 224 g/mol. The highest BCUT2D eigenvalue weighted by molar-refractivity contribution is 5.84. The minimum absolute atomic E-state index is 0.0859. The number of rotatable bonds is 6. The molecule has 4 heteroatoms. The van der Waals surface area contributed by atoms with Crippen LogP contribution in [0.4, 0.5) is 0 Å². The minimum Gasteiger partial charge on any atom is -0.466 e. The van der Waals surface area contributed by atoms with Crippen LogP contribution in [0.15, 0.2) is 16.5 Å². The Morgan fingerprint density at radius 1 is 1.50 bits per heavy atom. The van der Waals surface area contributed by atoms with Gasteiger partial charge in [0.05, 0.1) is 6.04 Å². The molecule has 0 radical (unpaired) electrons. The lowest BCUT2D eigenvalue weighted by molar-refractivity contribution is -0.120. The van der Waals surface area contributed by atoms with Crippen molar-refractivity contribution < 1.29 is 9.21 Å². The van der Waals surface area contributed by atoms with Gasteiger partial charge in [0.1, 0.15) is 11.5 Å². The Morgan fingerprint density at radius 3 is 2.69 bits per heavy atom. The second kappa shape index (κ2) is 5.82. The highest BCUT2D eigenvalue weighted by Crippen LogP contribution is 2.09. The molecule has 0 saturated carbocycles. The van der Waals surface area contributed by atoms with E-state index in [1.54, 1.807) is 0 Å². The number of furan rings is 1. The largest absolute Gasteiger partial charge is 0.466 e. The minimum atomic E-state index is -0.453. The molecule has 1 aromatic heterocycles. The fourth-order valence-corrected chi connectivity index (χ4v) is 1.44. The molecule has 0 bridgehead atoms. The van der Waals surface area contributed by atoms with E-state index in [0.717, 1.165) is 18.1 Å². The second-order valence-corrected chi connectivity index (χ2v) is 4.34. The van der Waals surface area contributed by atoms with Crippen molar-refractivity contribution in [2.75, 3.05) is 20.6 Å². The summed E-state index contributed by atoms with van der Waals surface area (Å²) in [6.07, 6.45) is 0.980. The molecular formula is C12H20N2O2. The van der Waals surface area contributed by atoms with E-state index in [-0.39, 0.29) is 5.78 Å². The van der Waals surface area contributed by atoms with E-state index >= 15 is 0 Å². The van der Waals surface area contributed by atoms with Crippen LogP contribution < -0.4 is 5.73 Å². The highest BCUT2D eigenvalue weighted by Gasteiger charge is 2.15. The standard InChI is InChI=1S/C12H20N2O2/c1-9-4-5-10(16-9)8-11(13)12(15)6-7-14(2)3/h4-5,11H,6-8,13H2,1-3H3. The molecule has 1 aromatic rings. The van der Waals surface area contributed by atoms with Gasteiger partial charge in [-0.3, -0.25) is 4.79 Å². The van der Waals surface area contributed by atoms with Crippen molar-refractivity contribution >= 4 is 5.78 Å². The quantitative estimate of drug-likeness (QED) is 0.782. The number of carbonyl (C=O) groups excluding carboxylic acids is 1. The van der Waals surface area contributed by atoms with Crippen molar-refractivity contribution in [2.45, 2.75) is 25.8 Å². The molecule has 1 atom stereocenters. The van der Waals surface area contributed by atoms with Gasteiger partial charge in [0.25, 0.3) is 0 Å². The van der Waals surface area contributed by atoms with E-state index in [0.29, 0.717) is 12.8 Å². The summed E-state index contributed by atoms with van der Waals surface area (Å²) in [7, 11) is 3.88. The Hall–Kier alpha value is -1.13. The Kier molecular flexibility index (Phi) is 4.71. The molecule has 1 unspecified atom stereocenters. The molecule has 0 fully saturated rings. The molecule has 0 aromatic carbocycles. The molecule has 0 aliphatic heterocycles. The number of ketones is 1. The molecule has 16 heavy (non-hydrogen) atoms. The van der Waals surface area contributed by atoms with E-state index in [1.807, 2.05) is 38.1 Å². The number of aryl methyl sites for hydroxylation is 1. The Bertz CT molecular complexity index is 345. The first kappa shape index (κ1) is 12.9. The molecule has 1 rings (SSSR count). The third-order valence-electron chi connectivity index (χ3n) is 2.44. The lowest BCUT2D eigenvalue weighted by Crippen LogP contribution is -2.34. The molecule has 0 spiro atoms. The van der Waals surface area contributed by atoms with Gasteiger partial charge >= 0.3 is 0 Å². The fraction of sp³-hybridized carbons (Fsp3) is 0.583. The van der Waals surface area contributed by atoms with Gasteiger partial charge in [0.15, 0.2) is 5.78 Å².